The van der Waals surface area contributed by atoms with Crippen molar-refractivity contribution in [1.29, 1.82) is 0 Å². The lowest BCUT2D eigenvalue weighted by molar-refractivity contribution is -0.295. The fourth-order valence-electron chi connectivity index (χ4n) is 11.5. The van der Waals surface area contributed by atoms with Gasteiger partial charge in [-0.3, -0.25) is 9.59 Å². The molecule has 3 N–H and O–H groups in total. The first-order valence-corrected chi connectivity index (χ1v) is 15.9. The second kappa shape index (κ2) is 9.38. The number of rotatable bonds is 5. The topological polar surface area (TPSA) is 167 Å². The lowest BCUT2D eigenvalue weighted by atomic mass is 9.38. The van der Waals surface area contributed by atoms with Crippen molar-refractivity contribution in [2.75, 3.05) is 13.2 Å². The molecule has 3 saturated heterocycles. The number of aliphatic hydroxyl groups excluding tert-OH is 1. The first kappa shape index (κ1) is 31.3. The van der Waals surface area contributed by atoms with Gasteiger partial charge in [0.25, 0.3) is 0 Å². The summed E-state index contributed by atoms with van der Waals surface area (Å²) in [4.78, 5) is 40.1. The van der Waals surface area contributed by atoms with Gasteiger partial charge in [0, 0.05) is 52.9 Å². The number of allylic oxidation sites excluding steroid dienone is 1. The summed E-state index contributed by atoms with van der Waals surface area (Å²) in [7, 11) is 0. The van der Waals surface area contributed by atoms with Gasteiger partial charge in [-0.25, -0.2) is 4.79 Å². The van der Waals surface area contributed by atoms with Crippen LogP contribution in [0.2, 0.25) is 0 Å². The van der Waals surface area contributed by atoms with Crippen molar-refractivity contribution in [1.82, 2.24) is 0 Å². The van der Waals surface area contributed by atoms with Crippen LogP contribution in [0.4, 0.5) is 0 Å². The molecule has 0 aromatic carbocycles. The summed E-state index contributed by atoms with van der Waals surface area (Å²) in [6.07, 6.45) is -0.463. The average molecular weight is 633 g/mol. The first-order chi connectivity index (χ1) is 21.0. The van der Waals surface area contributed by atoms with Crippen LogP contribution in [0.1, 0.15) is 61.3 Å². The summed E-state index contributed by atoms with van der Waals surface area (Å²) in [5.74, 6) is -4.01. The van der Waals surface area contributed by atoms with E-state index in [1.165, 1.54) is 19.3 Å². The Bertz CT molecular complexity index is 1410. The molecule has 2 bridgehead atoms. The van der Waals surface area contributed by atoms with E-state index in [-0.39, 0.29) is 19.4 Å². The third-order valence-electron chi connectivity index (χ3n) is 13.3. The van der Waals surface area contributed by atoms with Crippen LogP contribution in [0.15, 0.2) is 24.0 Å². The van der Waals surface area contributed by atoms with Crippen LogP contribution in [-0.4, -0.2) is 99.9 Å². The molecule has 0 amide bonds. The molecule has 4 aliphatic heterocycles. The van der Waals surface area contributed by atoms with Crippen molar-refractivity contribution in [3.63, 3.8) is 0 Å². The molecule has 7 rings (SSSR count). The monoisotopic (exact) mass is 632 g/mol. The smallest absolute Gasteiger partial charge is 0.333 e. The lowest BCUT2D eigenvalue weighted by Crippen LogP contribution is -2.76. The number of aliphatic hydroxyl groups is 3. The molecule has 15 atom stereocenters. The highest BCUT2D eigenvalue weighted by Gasteiger charge is 2.90. The minimum absolute atomic E-state index is 0.0808. The molecule has 0 aromatic heterocycles. The highest BCUT2D eigenvalue weighted by molar-refractivity contribution is 5.88. The molecular weight excluding hydrogens is 588 g/mol. The van der Waals surface area contributed by atoms with Crippen LogP contribution in [0, 0.1) is 34.0 Å². The quantitative estimate of drug-likeness (QED) is 0.294. The number of esters is 2. The van der Waals surface area contributed by atoms with Crippen molar-refractivity contribution >= 4 is 17.7 Å². The van der Waals surface area contributed by atoms with Gasteiger partial charge in [-0.05, 0) is 33.3 Å². The van der Waals surface area contributed by atoms with E-state index in [2.05, 4.69) is 0 Å². The molecule has 6 fully saturated rings. The third kappa shape index (κ3) is 3.36. The highest BCUT2D eigenvalue weighted by atomic mass is 16.7. The lowest BCUT2D eigenvalue weighted by Gasteiger charge is -2.66. The van der Waals surface area contributed by atoms with Crippen LogP contribution in [-0.2, 0) is 42.8 Å². The molecular formula is C33H44O12. The van der Waals surface area contributed by atoms with Gasteiger partial charge in [0.05, 0.1) is 31.2 Å². The van der Waals surface area contributed by atoms with Gasteiger partial charge in [-0.15, -0.1) is 0 Å². The summed E-state index contributed by atoms with van der Waals surface area (Å²) in [5.41, 5.74) is -8.08. The maximum absolute atomic E-state index is 14.4. The maximum Gasteiger partial charge on any atom is 0.333 e. The predicted octanol–water partition coefficient (Wildman–Crippen LogP) is 1.33. The molecule has 3 aliphatic carbocycles. The third-order valence-corrected chi connectivity index (χ3v) is 13.3. The van der Waals surface area contributed by atoms with Crippen LogP contribution in [0.3, 0.4) is 0 Å². The largest absolute Gasteiger partial charge is 0.469 e. The Morgan fingerprint density at radius 2 is 1.76 bits per heavy atom. The number of carbonyl (C=O) groups is 3. The number of Topliss-reactive ketones (excluding diaryl/α,β-unsaturated/α-hetero) is 1. The van der Waals surface area contributed by atoms with E-state index in [0.29, 0.717) is 5.57 Å². The molecule has 0 spiro atoms. The van der Waals surface area contributed by atoms with Crippen molar-refractivity contribution < 1.29 is 58.1 Å². The van der Waals surface area contributed by atoms with Gasteiger partial charge in [0.2, 0.25) is 6.29 Å². The standard InChI is InChI=1S/C33H44O12/c1-8-15(2)26(37)43-20-12-19(42-16(3)35)28(4)14-41-22-24(28)29(20,5)23(17(36)13-34)30(6)25(22)45-31(7)18-11-21(33(30,31)39)44-27-32(18,38)9-10-40-27/h8-10,18-25,27,34,38-39H,11-14H2,1-7H3/b15-8+/t18-,19-,20+,21+,22-,23-,24+,25-,27+,28-,29-,30+,31-,32+,33+/m1/s1. The van der Waals surface area contributed by atoms with Crippen LogP contribution >= 0.6 is 0 Å². The number of ketones is 1. The molecule has 0 radical (unpaired) electrons. The summed E-state index contributed by atoms with van der Waals surface area (Å²) in [5, 5.41) is 35.7. The molecule has 7 aliphatic rings. The van der Waals surface area contributed by atoms with Gasteiger partial charge in [-0.2, -0.15) is 0 Å². The minimum Gasteiger partial charge on any atom is -0.469 e. The van der Waals surface area contributed by atoms with Gasteiger partial charge < -0.3 is 43.7 Å². The highest BCUT2D eigenvalue weighted by Crippen LogP contribution is 2.78. The average Bonchev–Trinajstić information content (AvgIpc) is 3.65. The minimum atomic E-state index is -1.88. The van der Waals surface area contributed by atoms with E-state index < -0.39 is 112 Å². The Labute approximate surface area is 262 Å². The molecule has 3 saturated carbocycles. The molecule has 0 unspecified atom stereocenters. The molecule has 12 heteroatoms. The summed E-state index contributed by atoms with van der Waals surface area (Å²) in [6, 6.07) is 0. The molecule has 4 heterocycles. The molecule has 45 heavy (non-hydrogen) atoms. The number of carbonyl (C=O) groups excluding carboxylic acids is 3. The number of hydrogen-bond acceptors (Lipinski definition) is 12. The van der Waals surface area contributed by atoms with Crippen molar-refractivity contribution in [2.24, 2.45) is 34.0 Å². The zero-order valence-electron chi connectivity index (χ0n) is 26.8. The second-order valence-corrected chi connectivity index (χ2v) is 15.1. The maximum atomic E-state index is 14.4. The fraction of sp³-hybridized carbons (Fsp3) is 0.788. The van der Waals surface area contributed by atoms with E-state index in [4.69, 9.17) is 28.4 Å². The predicted molar refractivity (Wildman–Crippen MR) is 153 cm³/mol. The summed E-state index contributed by atoms with van der Waals surface area (Å²) >= 11 is 0. The Morgan fingerprint density at radius 3 is 2.40 bits per heavy atom. The van der Waals surface area contributed by atoms with Gasteiger partial charge in [-0.1, -0.05) is 26.8 Å². The van der Waals surface area contributed by atoms with E-state index in [9.17, 15) is 29.7 Å². The van der Waals surface area contributed by atoms with Gasteiger partial charge in [0.1, 0.15) is 30.0 Å². The van der Waals surface area contributed by atoms with E-state index in [1.54, 1.807) is 33.8 Å². The molecule has 248 valence electrons. The number of hydrogen-bond donors (Lipinski definition) is 3. The van der Waals surface area contributed by atoms with Gasteiger partial charge >= 0.3 is 11.9 Å². The van der Waals surface area contributed by atoms with Crippen LogP contribution in [0.5, 0.6) is 0 Å². The van der Waals surface area contributed by atoms with Crippen LogP contribution < -0.4 is 0 Å². The first-order valence-electron chi connectivity index (χ1n) is 15.9. The Morgan fingerprint density at radius 1 is 1.04 bits per heavy atom. The van der Waals surface area contributed by atoms with E-state index in [1.807, 2.05) is 13.8 Å². The Kier molecular flexibility index (Phi) is 6.52. The van der Waals surface area contributed by atoms with Crippen molar-refractivity contribution in [2.45, 2.75) is 115 Å². The fourth-order valence-corrected chi connectivity index (χ4v) is 11.5. The Balaban J connectivity index is 1.45. The normalized spacial score (nSPS) is 55.2. The SMILES string of the molecule is C/C=C(\C)C(=O)O[C@H]1C[C@@H](OC(C)=O)[C@@]2(C)CO[C@H]3[C@H]4O[C@]5(C)[C@H]6C[C@H](O[C@@H]7OC=C[C@@]76O)[C@]5(O)[C@@]4(C)[C@H](C(=O)CO)[C@]1(C)[C@@H]32. The summed E-state index contributed by atoms with van der Waals surface area (Å²) < 4.78 is 37.6. The van der Waals surface area contributed by atoms with Gasteiger partial charge in [0.15, 0.2) is 11.4 Å². The van der Waals surface area contributed by atoms with E-state index in [0.717, 1.165) is 0 Å². The molecule has 12 nitrogen and oxygen atoms in total. The Hall–Kier alpha value is -2.35. The van der Waals surface area contributed by atoms with Crippen molar-refractivity contribution in [3.8, 4) is 0 Å². The zero-order valence-corrected chi connectivity index (χ0v) is 26.8. The van der Waals surface area contributed by atoms with Crippen molar-refractivity contribution in [3.05, 3.63) is 24.0 Å². The molecule has 0 aromatic rings. The summed E-state index contributed by atoms with van der Waals surface area (Å²) in [6.45, 7) is 11.3. The van der Waals surface area contributed by atoms with Crippen LogP contribution in [0.25, 0.3) is 0 Å². The number of ether oxygens (including phenoxy) is 6. The number of fused-ring (bicyclic) bond motifs is 10. The second-order valence-electron chi connectivity index (χ2n) is 15.1. The zero-order chi connectivity index (χ0) is 32.7. The van der Waals surface area contributed by atoms with E-state index >= 15 is 0 Å².